The lowest BCUT2D eigenvalue weighted by Gasteiger charge is -2.14. The van der Waals surface area contributed by atoms with Crippen LogP contribution in [0, 0.1) is 0 Å². The molecule has 0 aliphatic carbocycles. The van der Waals surface area contributed by atoms with Gasteiger partial charge < -0.3 is 4.52 Å². The van der Waals surface area contributed by atoms with Crippen LogP contribution in [0.3, 0.4) is 0 Å². The highest BCUT2D eigenvalue weighted by molar-refractivity contribution is 7.89. The van der Waals surface area contributed by atoms with Crippen molar-refractivity contribution in [3.8, 4) is 11.6 Å². The summed E-state index contributed by atoms with van der Waals surface area (Å²) in [5.74, 6) is 0.963. The van der Waals surface area contributed by atoms with E-state index in [1.54, 1.807) is 18.6 Å². The second-order valence-corrected chi connectivity index (χ2v) is 7.30. The quantitative estimate of drug-likeness (QED) is 0.810. The minimum atomic E-state index is -3.17. The van der Waals surface area contributed by atoms with Gasteiger partial charge in [-0.2, -0.15) is 4.98 Å². The van der Waals surface area contributed by atoms with E-state index < -0.39 is 10.0 Å². The zero-order valence-corrected chi connectivity index (χ0v) is 13.0. The highest BCUT2D eigenvalue weighted by Gasteiger charge is 2.34. The molecule has 1 unspecified atom stereocenters. The molecule has 0 radical (unpaired) electrons. The highest BCUT2D eigenvalue weighted by atomic mass is 32.2. The molecule has 2 aromatic rings. The van der Waals surface area contributed by atoms with Crippen LogP contribution in [0.2, 0.25) is 0 Å². The Bertz CT molecular complexity index is 731. The summed E-state index contributed by atoms with van der Waals surface area (Å²) in [6.07, 6.45) is 5.97. The fourth-order valence-corrected chi connectivity index (χ4v) is 4.06. The fraction of sp³-hybridized carbons (Fsp3) is 0.538. The van der Waals surface area contributed by atoms with Gasteiger partial charge in [-0.25, -0.2) is 17.7 Å². The minimum Gasteiger partial charge on any atom is -0.332 e. The van der Waals surface area contributed by atoms with Gasteiger partial charge in [0.1, 0.15) is 5.69 Å². The molecule has 0 amide bonds. The molecule has 1 fully saturated rings. The smallest absolute Gasteiger partial charge is 0.278 e. The molecule has 118 valence electrons. The molecular weight excluding hydrogens is 306 g/mol. The van der Waals surface area contributed by atoms with Crippen LogP contribution in [0.5, 0.6) is 0 Å². The fourth-order valence-electron chi connectivity index (χ4n) is 2.49. The Labute approximate surface area is 128 Å². The first-order chi connectivity index (χ1) is 10.6. The molecule has 1 atom stereocenters. The summed E-state index contributed by atoms with van der Waals surface area (Å²) >= 11 is 0. The van der Waals surface area contributed by atoms with Crippen molar-refractivity contribution < 1.29 is 12.9 Å². The van der Waals surface area contributed by atoms with E-state index in [2.05, 4.69) is 20.1 Å². The normalized spacial score (nSPS) is 19.6. The number of hydrogen-bond acceptors (Lipinski definition) is 7. The third-order valence-corrected chi connectivity index (χ3v) is 5.64. The summed E-state index contributed by atoms with van der Waals surface area (Å²) in [6.45, 7) is 2.77. The maximum atomic E-state index is 12.1. The van der Waals surface area contributed by atoms with E-state index >= 15 is 0 Å². The largest absolute Gasteiger partial charge is 0.332 e. The molecule has 3 heterocycles. The average molecular weight is 323 g/mol. The predicted molar refractivity (Wildman–Crippen MR) is 78.3 cm³/mol. The molecule has 0 N–H and O–H groups in total. The van der Waals surface area contributed by atoms with Gasteiger partial charge in [-0.05, 0) is 12.8 Å². The second-order valence-electron chi connectivity index (χ2n) is 5.21. The maximum Gasteiger partial charge on any atom is 0.278 e. The van der Waals surface area contributed by atoms with Gasteiger partial charge in [0.25, 0.3) is 5.89 Å². The van der Waals surface area contributed by atoms with E-state index in [0.29, 0.717) is 43.3 Å². The second kappa shape index (κ2) is 6.09. The van der Waals surface area contributed by atoms with Crippen molar-refractivity contribution >= 4 is 10.0 Å². The number of aromatic nitrogens is 4. The Morgan fingerprint density at radius 3 is 3.00 bits per heavy atom. The third kappa shape index (κ3) is 3.00. The van der Waals surface area contributed by atoms with Gasteiger partial charge >= 0.3 is 0 Å². The van der Waals surface area contributed by atoms with Gasteiger partial charge in [-0.3, -0.25) is 4.98 Å². The Kier molecular flexibility index (Phi) is 4.16. The lowest BCUT2D eigenvalue weighted by atomic mass is 10.1. The summed E-state index contributed by atoms with van der Waals surface area (Å²) in [7, 11) is -3.17. The Balaban J connectivity index is 1.73. The molecule has 2 aromatic heterocycles. The van der Waals surface area contributed by atoms with Crippen LogP contribution in [0.1, 0.15) is 31.5 Å². The number of nitrogens with zero attached hydrogens (tertiary/aromatic N) is 5. The van der Waals surface area contributed by atoms with Crippen LogP contribution in [0.4, 0.5) is 0 Å². The van der Waals surface area contributed by atoms with Crippen molar-refractivity contribution in [3.63, 3.8) is 0 Å². The molecular formula is C13H17N5O3S. The lowest BCUT2D eigenvalue weighted by molar-refractivity contribution is 0.413. The number of sulfonamides is 1. The van der Waals surface area contributed by atoms with Gasteiger partial charge in [-0.1, -0.05) is 12.1 Å². The van der Waals surface area contributed by atoms with E-state index in [9.17, 15) is 8.42 Å². The average Bonchev–Trinajstić information content (AvgIpc) is 3.17. The molecule has 3 rings (SSSR count). The van der Waals surface area contributed by atoms with Crippen molar-refractivity contribution in [2.45, 2.75) is 25.7 Å². The molecule has 0 saturated carbocycles. The van der Waals surface area contributed by atoms with E-state index in [1.165, 1.54) is 4.31 Å². The molecule has 1 aliphatic heterocycles. The van der Waals surface area contributed by atoms with Crippen LogP contribution in [-0.2, 0) is 10.0 Å². The van der Waals surface area contributed by atoms with Crippen LogP contribution >= 0.6 is 0 Å². The van der Waals surface area contributed by atoms with Gasteiger partial charge in [0.15, 0.2) is 5.82 Å². The number of rotatable bonds is 5. The molecule has 0 aromatic carbocycles. The molecule has 8 nitrogen and oxygen atoms in total. The third-order valence-electron chi connectivity index (χ3n) is 3.60. The van der Waals surface area contributed by atoms with E-state index in [1.807, 2.05) is 6.92 Å². The lowest BCUT2D eigenvalue weighted by Crippen LogP contribution is -2.30. The van der Waals surface area contributed by atoms with Crippen LogP contribution in [0.25, 0.3) is 11.6 Å². The van der Waals surface area contributed by atoms with Crippen molar-refractivity contribution in [1.29, 1.82) is 0 Å². The molecule has 1 saturated heterocycles. The molecule has 1 aliphatic rings. The minimum absolute atomic E-state index is 0.0409. The molecule has 22 heavy (non-hydrogen) atoms. The van der Waals surface area contributed by atoms with Gasteiger partial charge in [0, 0.05) is 31.4 Å². The van der Waals surface area contributed by atoms with Crippen molar-refractivity contribution in [2.24, 2.45) is 0 Å². The number of hydrogen-bond donors (Lipinski definition) is 0. The van der Waals surface area contributed by atoms with E-state index in [0.717, 1.165) is 0 Å². The van der Waals surface area contributed by atoms with Gasteiger partial charge in [0.05, 0.1) is 11.9 Å². The van der Waals surface area contributed by atoms with E-state index in [-0.39, 0.29) is 11.7 Å². The van der Waals surface area contributed by atoms with Crippen LogP contribution in [-0.4, -0.2) is 51.7 Å². The summed E-state index contributed by atoms with van der Waals surface area (Å²) in [6, 6.07) is 0. The van der Waals surface area contributed by atoms with Crippen molar-refractivity contribution in [2.75, 3.05) is 18.8 Å². The van der Waals surface area contributed by atoms with Crippen molar-refractivity contribution in [1.82, 2.24) is 24.4 Å². The monoisotopic (exact) mass is 323 g/mol. The Morgan fingerprint density at radius 2 is 2.27 bits per heavy atom. The van der Waals surface area contributed by atoms with Gasteiger partial charge in [0.2, 0.25) is 10.0 Å². The standard InChI is InChI=1S/C13H17N5O3S/c1-2-7-22(19,20)18-6-3-10(9-18)12-16-13(21-17-12)11-8-14-4-5-15-11/h4-5,8,10H,2-3,6-7,9H2,1H3. The van der Waals surface area contributed by atoms with Crippen LogP contribution in [0.15, 0.2) is 23.1 Å². The summed E-state index contributed by atoms with van der Waals surface area (Å²) in [4.78, 5) is 12.4. The first-order valence-corrected chi connectivity index (χ1v) is 8.79. The van der Waals surface area contributed by atoms with E-state index in [4.69, 9.17) is 4.52 Å². The predicted octanol–water partition coefficient (Wildman–Crippen LogP) is 1.06. The summed E-state index contributed by atoms with van der Waals surface area (Å²) < 4.78 is 30.9. The SMILES string of the molecule is CCCS(=O)(=O)N1CCC(c2noc(-c3cnccn3)n2)C1. The Morgan fingerprint density at radius 1 is 1.41 bits per heavy atom. The van der Waals surface area contributed by atoms with Gasteiger partial charge in [-0.15, -0.1) is 0 Å². The first-order valence-electron chi connectivity index (χ1n) is 7.18. The molecule has 0 spiro atoms. The molecule has 9 heteroatoms. The highest BCUT2D eigenvalue weighted by Crippen LogP contribution is 2.28. The maximum absolute atomic E-state index is 12.1. The molecule has 0 bridgehead atoms. The van der Waals surface area contributed by atoms with Crippen LogP contribution < -0.4 is 0 Å². The summed E-state index contributed by atoms with van der Waals surface area (Å²) in [5, 5.41) is 3.96. The topological polar surface area (TPSA) is 102 Å². The Hall–Kier alpha value is -1.87. The first kappa shape index (κ1) is 15.0. The summed E-state index contributed by atoms with van der Waals surface area (Å²) in [5.41, 5.74) is 0.509. The van der Waals surface area contributed by atoms with Crippen molar-refractivity contribution in [3.05, 3.63) is 24.4 Å². The zero-order valence-electron chi connectivity index (χ0n) is 12.2. The zero-order chi connectivity index (χ0) is 15.6.